The van der Waals surface area contributed by atoms with Crippen LogP contribution in [0.3, 0.4) is 0 Å². The van der Waals surface area contributed by atoms with E-state index in [0.29, 0.717) is 10.6 Å². The summed E-state index contributed by atoms with van der Waals surface area (Å²) in [5.41, 5.74) is 10.6. The van der Waals surface area contributed by atoms with Crippen LogP contribution in [0.5, 0.6) is 5.75 Å². The summed E-state index contributed by atoms with van der Waals surface area (Å²) >= 11 is 6.27. The Bertz CT molecular complexity index is 953. The Morgan fingerprint density at radius 1 is 1.12 bits per heavy atom. The van der Waals surface area contributed by atoms with Gasteiger partial charge in [-0.3, -0.25) is 4.98 Å². The second-order valence-corrected chi connectivity index (χ2v) is 6.04. The Morgan fingerprint density at radius 2 is 1.84 bits per heavy atom. The number of rotatable bonds is 3. The van der Waals surface area contributed by atoms with Gasteiger partial charge in [-0.05, 0) is 53.9 Å². The van der Waals surface area contributed by atoms with Crippen molar-refractivity contribution in [3.63, 3.8) is 0 Å². The largest absolute Gasteiger partial charge is 0.508 e. The summed E-state index contributed by atoms with van der Waals surface area (Å²) in [7, 11) is 0. The van der Waals surface area contributed by atoms with Crippen molar-refractivity contribution < 1.29 is 10.3 Å². The number of oxime groups is 1. The van der Waals surface area contributed by atoms with Crippen LogP contribution in [0, 0.1) is 6.92 Å². The molecular weight excluding hydrogens is 338 g/mol. The molecule has 1 heterocycles. The quantitative estimate of drug-likeness (QED) is 0.285. The van der Waals surface area contributed by atoms with Gasteiger partial charge in [0.2, 0.25) is 0 Å². The zero-order valence-corrected chi connectivity index (χ0v) is 14.2. The summed E-state index contributed by atoms with van der Waals surface area (Å²) < 4.78 is 0. The number of pyridine rings is 1. The molecule has 0 aliphatic carbocycles. The number of hydrogen-bond acceptors (Lipinski definition) is 4. The SMILES string of the molecule is Cc1ccncc1-c1c(/C(N)=N/O)cc(Cl)cc1-c1ccc(O)cc1. The average Bonchev–Trinajstić information content (AvgIpc) is 2.62. The minimum atomic E-state index is -0.0409. The number of halogens is 1. The number of hydrogen-bond donors (Lipinski definition) is 3. The maximum atomic E-state index is 9.56. The molecule has 0 saturated heterocycles. The first-order valence-corrected chi connectivity index (χ1v) is 7.91. The summed E-state index contributed by atoms with van der Waals surface area (Å²) in [5.74, 6) is 0.127. The highest BCUT2D eigenvalue weighted by molar-refractivity contribution is 6.31. The fourth-order valence-corrected chi connectivity index (χ4v) is 2.97. The summed E-state index contributed by atoms with van der Waals surface area (Å²) in [6.07, 6.45) is 3.44. The van der Waals surface area contributed by atoms with Gasteiger partial charge in [0.25, 0.3) is 0 Å². The molecule has 0 radical (unpaired) electrons. The van der Waals surface area contributed by atoms with Gasteiger partial charge in [0, 0.05) is 34.1 Å². The lowest BCUT2D eigenvalue weighted by Crippen LogP contribution is -2.15. The minimum Gasteiger partial charge on any atom is -0.508 e. The van der Waals surface area contributed by atoms with Crippen LogP contribution < -0.4 is 5.73 Å². The van der Waals surface area contributed by atoms with Gasteiger partial charge in [0.15, 0.2) is 5.84 Å². The molecule has 0 unspecified atom stereocenters. The first-order valence-electron chi connectivity index (χ1n) is 7.53. The molecule has 6 heteroatoms. The molecule has 5 nitrogen and oxygen atoms in total. The third-order valence-corrected chi connectivity index (χ3v) is 4.19. The zero-order valence-electron chi connectivity index (χ0n) is 13.4. The van der Waals surface area contributed by atoms with Crippen LogP contribution >= 0.6 is 11.6 Å². The molecule has 0 amide bonds. The Kier molecular flexibility index (Phi) is 4.59. The highest BCUT2D eigenvalue weighted by atomic mass is 35.5. The maximum absolute atomic E-state index is 9.56. The second kappa shape index (κ2) is 6.83. The van der Waals surface area contributed by atoms with Gasteiger partial charge in [-0.25, -0.2) is 0 Å². The molecule has 0 aliphatic heterocycles. The molecule has 0 atom stereocenters. The first kappa shape index (κ1) is 16.8. The maximum Gasteiger partial charge on any atom is 0.170 e. The molecule has 0 saturated carbocycles. The van der Waals surface area contributed by atoms with E-state index >= 15 is 0 Å². The van der Waals surface area contributed by atoms with E-state index in [1.54, 1.807) is 42.7 Å². The second-order valence-electron chi connectivity index (χ2n) is 5.60. The monoisotopic (exact) mass is 353 g/mol. The normalized spacial score (nSPS) is 11.5. The number of aromatic nitrogens is 1. The number of phenols is 1. The van der Waals surface area contributed by atoms with Crippen LogP contribution in [0.4, 0.5) is 0 Å². The Labute approximate surface area is 150 Å². The van der Waals surface area contributed by atoms with E-state index in [4.69, 9.17) is 17.3 Å². The van der Waals surface area contributed by atoms with Crippen molar-refractivity contribution >= 4 is 17.4 Å². The Hall–Kier alpha value is -3.05. The van der Waals surface area contributed by atoms with Crippen LogP contribution in [0.15, 0.2) is 60.0 Å². The molecular formula is C19H16ClN3O2. The predicted octanol–water partition coefficient (Wildman–Crippen LogP) is 4.18. The highest BCUT2D eigenvalue weighted by Gasteiger charge is 2.18. The summed E-state index contributed by atoms with van der Waals surface area (Å²) in [5, 5.41) is 22.3. The molecule has 1 aromatic heterocycles. The topological polar surface area (TPSA) is 91.7 Å². The van der Waals surface area contributed by atoms with Gasteiger partial charge >= 0.3 is 0 Å². The van der Waals surface area contributed by atoms with Crippen molar-refractivity contribution in [1.29, 1.82) is 0 Å². The van der Waals surface area contributed by atoms with Crippen molar-refractivity contribution in [3.8, 4) is 28.0 Å². The number of nitrogens with zero attached hydrogens (tertiary/aromatic N) is 2. The number of aromatic hydroxyl groups is 1. The summed E-state index contributed by atoms with van der Waals surface area (Å²) in [4.78, 5) is 4.20. The number of amidine groups is 1. The molecule has 0 aliphatic rings. The number of benzene rings is 2. The van der Waals surface area contributed by atoms with E-state index in [0.717, 1.165) is 27.8 Å². The fourth-order valence-electron chi connectivity index (χ4n) is 2.75. The lowest BCUT2D eigenvalue weighted by atomic mass is 9.89. The third kappa shape index (κ3) is 3.27. The van der Waals surface area contributed by atoms with E-state index < -0.39 is 0 Å². The van der Waals surface area contributed by atoms with E-state index in [9.17, 15) is 10.3 Å². The molecule has 2 aromatic carbocycles. The van der Waals surface area contributed by atoms with Crippen molar-refractivity contribution in [2.75, 3.05) is 0 Å². The fraction of sp³-hybridized carbons (Fsp3) is 0.0526. The standard InChI is InChI=1S/C19H16ClN3O2/c1-11-6-7-22-10-17(11)18-15(12-2-4-14(24)5-3-12)8-13(20)9-16(18)19(21)23-25/h2-10,24-25H,1H3,(H2,21,23). The van der Waals surface area contributed by atoms with Crippen molar-refractivity contribution in [1.82, 2.24) is 4.98 Å². The Morgan fingerprint density at radius 3 is 2.48 bits per heavy atom. The Balaban J connectivity index is 2.40. The van der Waals surface area contributed by atoms with Gasteiger partial charge in [-0.2, -0.15) is 0 Å². The smallest absolute Gasteiger partial charge is 0.170 e. The summed E-state index contributed by atoms with van der Waals surface area (Å²) in [6.45, 7) is 1.96. The van der Waals surface area contributed by atoms with Crippen molar-refractivity contribution in [2.45, 2.75) is 6.92 Å². The van der Waals surface area contributed by atoms with Crippen LogP contribution in [0.1, 0.15) is 11.1 Å². The van der Waals surface area contributed by atoms with Crippen molar-refractivity contribution in [3.05, 3.63) is 71.0 Å². The van der Waals surface area contributed by atoms with Gasteiger partial charge < -0.3 is 16.0 Å². The number of aryl methyl sites for hydroxylation is 1. The van der Waals surface area contributed by atoms with Crippen molar-refractivity contribution in [2.24, 2.45) is 10.9 Å². The molecule has 3 aromatic rings. The first-order chi connectivity index (χ1) is 12.0. The zero-order chi connectivity index (χ0) is 18.0. The van der Waals surface area contributed by atoms with E-state index in [-0.39, 0.29) is 11.6 Å². The number of nitrogens with two attached hydrogens (primary N) is 1. The molecule has 0 fully saturated rings. The highest BCUT2D eigenvalue weighted by Crippen LogP contribution is 2.38. The lowest BCUT2D eigenvalue weighted by Gasteiger charge is -2.17. The van der Waals surface area contributed by atoms with E-state index in [1.807, 2.05) is 19.1 Å². The molecule has 126 valence electrons. The van der Waals surface area contributed by atoms with Gasteiger partial charge in [-0.15, -0.1) is 0 Å². The van der Waals surface area contributed by atoms with Crippen LogP contribution in [-0.4, -0.2) is 21.1 Å². The average molecular weight is 354 g/mol. The van der Waals surface area contributed by atoms with Crippen LogP contribution in [-0.2, 0) is 0 Å². The summed E-state index contributed by atoms with van der Waals surface area (Å²) in [6, 6.07) is 12.1. The molecule has 25 heavy (non-hydrogen) atoms. The molecule has 0 bridgehead atoms. The van der Waals surface area contributed by atoms with Crippen LogP contribution in [0.25, 0.3) is 22.3 Å². The third-order valence-electron chi connectivity index (χ3n) is 3.97. The van der Waals surface area contributed by atoms with Gasteiger partial charge in [0.05, 0.1) is 0 Å². The van der Waals surface area contributed by atoms with Crippen LogP contribution in [0.2, 0.25) is 5.02 Å². The van der Waals surface area contributed by atoms with Gasteiger partial charge in [0.1, 0.15) is 5.75 Å². The van der Waals surface area contributed by atoms with E-state index in [2.05, 4.69) is 10.1 Å². The molecule has 3 rings (SSSR count). The number of phenolic OH excluding ortho intramolecular Hbond substituents is 1. The predicted molar refractivity (Wildman–Crippen MR) is 99.0 cm³/mol. The minimum absolute atomic E-state index is 0.0409. The molecule has 0 spiro atoms. The van der Waals surface area contributed by atoms with E-state index in [1.165, 1.54) is 0 Å². The van der Waals surface area contributed by atoms with Gasteiger partial charge in [-0.1, -0.05) is 28.9 Å². The lowest BCUT2D eigenvalue weighted by molar-refractivity contribution is 0.318. The molecule has 4 N–H and O–H groups in total.